The summed E-state index contributed by atoms with van der Waals surface area (Å²) in [5.74, 6) is 1.00. The van der Waals surface area contributed by atoms with Gasteiger partial charge in [0.05, 0.1) is 0 Å². The lowest BCUT2D eigenvalue weighted by Crippen LogP contribution is -2.00. The van der Waals surface area contributed by atoms with Crippen LogP contribution in [-0.2, 0) is 0 Å². The zero-order chi connectivity index (χ0) is 18.4. The molecule has 1 atom stereocenters. The van der Waals surface area contributed by atoms with Gasteiger partial charge in [0, 0.05) is 0 Å². The van der Waals surface area contributed by atoms with Crippen molar-refractivity contribution in [3.05, 3.63) is 12.2 Å². The maximum absolute atomic E-state index is 2.43. The van der Waals surface area contributed by atoms with Crippen LogP contribution in [-0.4, -0.2) is 0 Å². The highest BCUT2D eigenvalue weighted by Crippen LogP contribution is 2.22. The summed E-state index contributed by atoms with van der Waals surface area (Å²) in [4.78, 5) is 0. The van der Waals surface area contributed by atoms with Crippen LogP contribution in [0, 0.1) is 5.92 Å². The van der Waals surface area contributed by atoms with Crippen molar-refractivity contribution in [3.8, 4) is 0 Å². The van der Waals surface area contributed by atoms with Gasteiger partial charge in [-0.1, -0.05) is 136 Å². The predicted octanol–water partition coefficient (Wildman–Crippen LogP) is 9.63. The lowest BCUT2D eigenvalue weighted by atomic mass is 9.91. The number of allylic oxidation sites excluding steroid dienone is 2. The first kappa shape index (κ1) is 24.7. The van der Waals surface area contributed by atoms with Gasteiger partial charge < -0.3 is 0 Å². The van der Waals surface area contributed by atoms with Gasteiger partial charge in [-0.3, -0.25) is 0 Å². The molecule has 0 nitrogen and oxygen atoms in total. The highest BCUT2D eigenvalue weighted by Gasteiger charge is 2.06. The Balaban J connectivity index is 3.48. The zero-order valence-corrected chi connectivity index (χ0v) is 18.2. The lowest BCUT2D eigenvalue weighted by molar-refractivity contribution is 0.385. The van der Waals surface area contributed by atoms with Gasteiger partial charge in [-0.05, 0) is 25.2 Å². The summed E-state index contributed by atoms with van der Waals surface area (Å²) in [5, 5.41) is 0. The van der Waals surface area contributed by atoms with Gasteiger partial charge in [0.15, 0.2) is 0 Å². The first-order valence-corrected chi connectivity index (χ1v) is 12.0. The Bertz CT molecular complexity index is 253. The minimum atomic E-state index is 1.00. The van der Waals surface area contributed by atoms with Crippen LogP contribution >= 0.6 is 0 Å². The van der Waals surface area contributed by atoms with E-state index in [2.05, 4.69) is 32.9 Å². The molecule has 0 N–H and O–H groups in total. The summed E-state index contributed by atoms with van der Waals surface area (Å²) in [6.45, 7) is 6.93. The first-order chi connectivity index (χ1) is 12.3. The van der Waals surface area contributed by atoms with Crippen LogP contribution in [0.4, 0.5) is 0 Å². The van der Waals surface area contributed by atoms with Crippen LogP contribution in [0.5, 0.6) is 0 Å². The highest BCUT2D eigenvalue weighted by molar-refractivity contribution is 4.81. The minimum Gasteiger partial charge on any atom is -0.0885 e. The van der Waals surface area contributed by atoms with E-state index in [0.29, 0.717) is 0 Å². The van der Waals surface area contributed by atoms with Crippen LogP contribution in [0.3, 0.4) is 0 Å². The fraction of sp³-hybridized carbons (Fsp3) is 0.920. The quantitative estimate of drug-likeness (QED) is 0.151. The molecule has 25 heavy (non-hydrogen) atoms. The largest absolute Gasteiger partial charge is 0.0885 e. The van der Waals surface area contributed by atoms with Gasteiger partial charge in [0.2, 0.25) is 0 Å². The van der Waals surface area contributed by atoms with Crippen molar-refractivity contribution in [2.45, 2.75) is 143 Å². The van der Waals surface area contributed by atoms with Gasteiger partial charge in [-0.15, -0.1) is 0 Å². The normalized spacial score (nSPS) is 12.9. The molecular formula is C25H50. The summed E-state index contributed by atoms with van der Waals surface area (Å²) in [6.07, 6.45) is 31.9. The number of unbranched alkanes of at least 4 members (excludes halogenated alkanes) is 12. The lowest BCUT2D eigenvalue weighted by Gasteiger charge is -2.15. The molecule has 0 saturated heterocycles. The van der Waals surface area contributed by atoms with E-state index in [0.717, 1.165) is 5.92 Å². The molecule has 0 fully saturated rings. The van der Waals surface area contributed by atoms with Crippen LogP contribution in [0.1, 0.15) is 143 Å². The summed E-state index contributed by atoms with van der Waals surface area (Å²) < 4.78 is 0. The number of rotatable bonds is 20. The second-order valence-electron chi connectivity index (χ2n) is 8.17. The Morgan fingerprint density at radius 3 is 1.48 bits per heavy atom. The average molecular weight is 351 g/mol. The summed E-state index contributed by atoms with van der Waals surface area (Å²) in [7, 11) is 0. The third kappa shape index (κ3) is 19.9. The first-order valence-electron chi connectivity index (χ1n) is 12.0. The van der Waals surface area contributed by atoms with Crippen LogP contribution in [0.2, 0.25) is 0 Å². The standard InChI is InChI=1S/C25H50/c1-4-7-9-11-13-14-15-17-19-21-24-25(22-6-3)23-20-18-16-12-10-8-5-2/h12,16,25H,4-11,13-15,17-24H2,1-3H3/b16-12+. The molecule has 150 valence electrons. The second-order valence-corrected chi connectivity index (χ2v) is 8.17. The van der Waals surface area contributed by atoms with Gasteiger partial charge in [0.1, 0.15) is 0 Å². The molecule has 0 saturated carbocycles. The molecular weight excluding hydrogens is 300 g/mol. The van der Waals surface area contributed by atoms with Gasteiger partial charge in [-0.25, -0.2) is 0 Å². The third-order valence-corrected chi connectivity index (χ3v) is 5.54. The monoisotopic (exact) mass is 350 g/mol. The minimum absolute atomic E-state index is 1.00. The molecule has 0 heteroatoms. The van der Waals surface area contributed by atoms with Crippen molar-refractivity contribution in [3.63, 3.8) is 0 Å². The molecule has 0 aliphatic carbocycles. The third-order valence-electron chi connectivity index (χ3n) is 5.54. The van der Waals surface area contributed by atoms with Crippen molar-refractivity contribution < 1.29 is 0 Å². The molecule has 0 spiro atoms. The Labute approximate surface area is 161 Å². The van der Waals surface area contributed by atoms with E-state index in [1.54, 1.807) is 0 Å². The maximum Gasteiger partial charge on any atom is -0.0351 e. The summed E-state index contributed by atoms with van der Waals surface area (Å²) >= 11 is 0. The molecule has 0 radical (unpaired) electrons. The molecule has 0 rings (SSSR count). The molecule has 0 bridgehead atoms. The Morgan fingerprint density at radius 1 is 0.440 bits per heavy atom. The molecule has 0 aromatic rings. The molecule has 0 aliphatic rings. The van der Waals surface area contributed by atoms with Crippen molar-refractivity contribution in [1.29, 1.82) is 0 Å². The SMILES string of the molecule is CCCC/C=C/CCCC(CCC)CCCCCCCCCCCC. The van der Waals surface area contributed by atoms with Gasteiger partial charge in [-0.2, -0.15) is 0 Å². The maximum atomic E-state index is 2.43. The van der Waals surface area contributed by atoms with Crippen molar-refractivity contribution in [2.75, 3.05) is 0 Å². The van der Waals surface area contributed by atoms with Crippen LogP contribution < -0.4 is 0 Å². The Morgan fingerprint density at radius 2 is 0.920 bits per heavy atom. The van der Waals surface area contributed by atoms with Crippen molar-refractivity contribution >= 4 is 0 Å². The zero-order valence-electron chi connectivity index (χ0n) is 18.2. The van der Waals surface area contributed by atoms with Crippen molar-refractivity contribution in [2.24, 2.45) is 5.92 Å². The number of hydrogen-bond acceptors (Lipinski definition) is 0. The molecule has 0 heterocycles. The van der Waals surface area contributed by atoms with Crippen LogP contribution in [0.15, 0.2) is 12.2 Å². The van der Waals surface area contributed by atoms with E-state index in [1.807, 2.05) is 0 Å². The molecule has 0 amide bonds. The number of hydrogen-bond donors (Lipinski definition) is 0. The van der Waals surface area contributed by atoms with E-state index in [1.165, 1.54) is 122 Å². The molecule has 0 aromatic heterocycles. The van der Waals surface area contributed by atoms with Gasteiger partial charge in [0.25, 0.3) is 0 Å². The topological polar surface area (TPSA) is 0 Å². The van der Waals surface area contributed by atoms with E-state index in [-0.39, 0.29) is 0 Å². The smallest absolute Gasteiger partial charge is 0.0351 e. The predicted molar refractivity (Wildman–Crippen MR) is 117 cm³/mol. The summed E-state index contributed by atoms with van der Waals surface area (Å²) in [5.41, 5.74) is 0. The molecule has 0 aliphatic heterocycles. The fourth-order valence-corrected chi connectivity index (χ4v) is 3.84. The van der Waals surface area contributed by atoms with Crippen molar-refractivity contribution in [1.82, 2.24) is 0 Å². The van der Waals surface area contributed by atoms with E-state index < -0.39 is 0 Å². The Hall–Kier alpha value is -0.260. The van der Waals surface area contributed by atoms with E-state index in [4.69, 9.17) is 0 Å². The highest BCUT2D eigenvalue weighted by atomic mass is 14.1. The van der Waals surface area contributed by atoms with E-state index in [9.17, 15) is 0 Å². The van der Waals surface area contributed by atoms with Gasteiger partial charge >= 0.3 is 0 Å². The molecule has 1 unspecified atom stereocenters. The Kier molecular flexibility index (Phi) is 21.6. The molecule has 0 aromatic carbocycles. The van der Waals surface area contributed by atoms with Crippen LogP contribution in [0.25, 0.3) is 0 Å². The average Bonchev–Trinajstić information content (AvgIpc) is 2.62. The second kappa shape index (κ2) is 21.8. The summed E-state index contributed by atoms with van der Waals surface area (Å²) in [6, 6.07) is 0. The van der Waals surface area contributed by atoms with E-state index >= 15 is 0 Å². The fourth-order valence-electron chi connectivity index (χ4n) is 3.84.